The number of aryl methyl sites for hydroxylation is 1. The summed E-state index contributed by atoms with van der Waals surface area (Å²) in [4.78, 5) is 24.9. The fraction of sp³-hybridized carbons (Fsp3) is 0.500. The van der Waals surface area contributed by atoms with Gasteiger partial charge in [-0.25, -0.2) is 0 Å². The Labute approximate surface area is 124 Å². The normalized spacial score (nSPS) is 17.9. The zero-order chi connectivity index (χ0) is 14.0. The van der Waals surface area contributed by atoms with Crippen LogP contribution in [0.15, 0.2) is 6.07 Å². The minimum Gasteiger partial charge on any atom is -0.480 e. The first-order valence-corrected chi connectivity index (χ1v) is 7.66. The number of carboxylic acids is 1. The molecule has 0 aromatic carbocycles. The van der Waals surface area contributed by atoms with E-state index in [-0.39, 0.29) is 17.8 Å². The Hall–Kier alpha value is -0.780. The van der Waals surface area contributed by atoms with Crippen LogP contribution in [0.3, 0.4) is 0 Å². The van der Waals surface area contributed by atoms with E-state index in [1.54, 1.807) is 0 Å². The molecule has 4 nitrogen and oxygen atoms in total. The van der Waals surface area contributed by atoms with E-state index in [0.717, 1.165) is 29.7 Å². The number of hydrogen-bond donors (Lipinski definition) is 1. The number of halogens is 2. The van der Waals surface area contributed by atoms with Crippen LogP contribution < -0.4 is 4.90 Å². The Balaban J connectivity index is 2.31. The number of carbonyl (C=O) groups is 2. The molecule has 0 saturated heterocycles. The van der Waals surface area contributed by atoms with Gasteiger partial charge in [0.2, 0.25) is 5.91 Å². The molecule has 1 unspecified atom stereocenters. The van der Waals surface area contributed by atoms with Crippen molar-refractivity contribution in [1.82, 2.24) is 0 Å². The number of thiophene rings is 1. The maximum Gasteiger partial charge on any atom is 0.323 e. The summed E-state index contributed by atoms with van der Waals surface area (Å²) in [6, 6.07) is 1.82. The number of carbonyl (C=O) groups excluding carboxylic acids is 1. The van der Waals surface area contributed by atoms with Crippen LogP contribution in [0.25, 0.3) is 0 Å². The number of rotatable bonds is 4. The fourth-order valence-electron chi connectivity index (χ4n) is 2.12. The molecule has 104 valence electrons. The summed E-state index contributed by atoms with van der Waals surface area (Å²) in [5.41, 5.74) is 1.02. The van der Waals surface area contributed by atoms with E-state index in [1.807, 2.05) is 6.07 Å². The zero-order valence-corrected chi connectivity index (χ0v) is 12.4. The van der Waals surface area contributed by atoms with Gasteiger partial charge in [0.15, 0.2) is 0 Å². The predicted octanol–water partition coefficient (Wildman–Crippen LogP) is 3.02. The molecule has 19 heavy (non-hydrogen) atoms. The molecule has 0 saturated carbocycles. The molecular weight excluding hydrogens is 309 g/mol. The lowest BCUT2D eigenvalue weighted by molar-refractivity contribution is -0.136. The lowest BCUT2D eigenvalue weighted by Crippen LogP contribution is -2.35. The molecule has 0 fully saturated rings. The van der Waals surface area contributed by atoms with Gasteiger partial charge in [0.25, 0.3) is 0 Å². The second-order valence-electron chi connectivity index (χ2n) is 4.33. The van der Waals surface area contributed by atoms with Gasteiger partial charge in [-0.2, -0.15) is 0 Å². The predicted molar refractivity (Wildman–Crippen MR) is 76.6 cm³/mol. The Morgan fingerprint density at radius 2 is 2.26 bits per heavy atom. The van der Waals surface area contributed by atoms with Crippen molar-refractivity contribution < 1.29 is 14.7 Å². The summed E-state index contributed by atoms with van der Waals surface area (Å²) < 4.78 is 0. The van der Waals surface area contributed by atoms with Crippen molar-refractivity contribution in [2.24, 2.45) is 0 Å². The third kappa shape index (κ3) is 3.22. The molecule has 0 spiro atoms. The summed E-state index contributed by atoms with van der Waals surface area (Å²) in [6.07, 6.45) is 2.86. The van der Waals surface area contributed by atoms with Gasteiger partial charge in [-0.15, -0.1) is 34.5 Å². The van der Waals surface area contributed by atoms with Crippen molar-refractivity contribution in [3.63, 3.8) is 0 Å². The molecule has 1 N–H and O–H groups in total. The minimum atomic E-state index is -1.06. The number of aliphatic carboxylic acids is 1. The van der Waals surface area contributed by atoms with Crippen LogP contribution in [0.2, 0.25) is 0 Å². The molecule has 1 atom stereocenters. The molecule has 1 heterocycles. The quantitative estimate of drug-likeness (QED) is 0.867. The first-order chi connectivity index (χ1) is 9.02. The van der Waals surface area contributed by atoms with E-state index in [9.17, 15) is 9.59 Å². The number of anilines is 1. The SMILES string of the molecule is O=C(O)CN(C(=O)CCl)c1cc2c(s1)CCCC2Cl. The van der Waals surface area contributed by atoms with Crippen molar-refractivity contribution in [1.29, 1.82) is 0 Å². The average molecular weight is 322 g/mol. The number of amides is 1. The number of hydrogen-bond acceptors (Lipinski definition) is 3. The first kappa shape index (κ1) is 14.6. The highest BCUT2D eigenvalue weighted by Crippen LogP contribution is 2.42. The largest absolute Gasteiger partial charge is 0.480 e. The van der Waals surface area contributed by atoms with Crippen LogP contribution in [-0.2, 0) is 16.0 Å². The van der Waals surface area contributed by atoms with Crippen LogP contribution in [0.4, 0.5) is 5.00 Å². The first-order valence-electron chi connectivity index (χ1n) is 5.87. The Bertz CT molecular complexity index is 503. The summed E-state index contributed by atoms with van der Waals surface area (Å²) in [7, 11) is 0. The molecule has 1 aliphatic rings. The van der Waals surface area contributed by atoms with Gasteiger partial charge in [-0.05, 0) is 30.9 Å². The van der Waals surface area contributed by atoms with Crippen LogP contribution in [-0.4, -0.2) is 29.4 Å². The van der Waals surface area contributed by atoms with E-state index in [1.165, 1.54) is 16.2 Å². The van der Waals surface area contributed by atoms with Crippen LogP contribution in [0.1, 0.15) is 28.7 Å². The van der Waals surface area contributed by atoms with Gasteiger partial charge in [-0.1, -0.05) is 0 Å². The van der Waals surface area contributed by atoms with E-state index < -0.39 is 11.9 Å². The monoisotopic (exact) mass is 321 g/mol. The second-order valence-corrected chi connectivity index (χ2v) is 6.24. The number of alkyl halides is 2. The van der Waals surface area contributed by atoms with Crippen LogP contribution in [0, 0.1) is 0 Å². The van der Waals surface area contributed by atoms with E-state index in [0.29, 0.717) is 5.00 Å². The van der Waals surface area contributed by atoms with Crippen molar-refractivity contribution in [2.45, 2.75) is 24.6 Å². The van der Waals surface area contributed by atoms with Gasteiger partial charge in [0.1, 0.15) is 12.4 Å². The molecule has 1 aromatic heterocycles. The number of carboxylic acid groups (broad SMARTS) is 1. The molecule has 1 aliphatic carbocycles. The van der Waals surface area contributed by atoms with Crippen LogP contribution in [0.5, 0.6) is 0 Å². The molecular formula is C12H13Cl2NO3S. The second kappa shape index (κ2) is 6.11. The van der Waals surface area contributed by atoms with Gasteiger partial charge in [0, 0.05) is 4.88 Å². The van der Waals surface area contributed by atoms with Crippen molar-refractivity contribution in [2.75, 3.05) is 17.3 Å². The zero-order valence-electron chi connectivity index (χ0n) is 10.1. The Morgan fingerprint density at radius 1 is 1.53 bits per heavy atom. The standard InChI is InChI=1S/C12H13Cl2NO3S/c13-5-10(16)15(6-12(17)18)11-4-7-8(14)2-1-3-9(7)19-11/h4,8H,1-3,5-6H2,(H,17,18). The van der Waals surface area contributed by atoms with Crippen molar-refractivity contribution in [3.05, 3.63) is 16.5 Å². The maximum absolute atomic E-state index is 11.7. The van der Waals surface area contributed by atoms with E-state index in [2.05, 4.69) is 0 Å². The highest BCUT2D eigenvalue weighted by molar-refractivity contribution is 7.16. The smallest absolute Gasteiger partial charge is 0.323 e. The third-order valence-electron chi connectivity index (χ3n) is 3.00. The lowest BCUT2D eigenvalue weighted by atomic mass is 9.99. The molecule has 0 aliphatic heterocycles. The van der Waals surface area contributed by atoms with E-state index in [4.69, 9.17) is 28.3 Å². The molecule has 2 rings (SSSR count). The molecule has 0 bridgehead atoms. The topological polar surface area (TPSA) is 57.6 Å². The van der Waals surface area contributed by atoms with Gasteiger partial charge >= 0.3 is 5.97 Å². The van der Waals surface area contributed by atoms with E-state index >= 15 is 0 Å². The minimum absolute atomic E-state index is 0.0495. The van der Waals surface area contributed by atoms with Crippen LogP contribution >= 0.6 is 34.5 Å². The van der Waals surface area contributed by atoms with Gasteiger partial charge in [-0.3, -0.25) is 14.5 Å². The highest BCUT2D eigenvalue weighted by atomic mass is 35.5. The third-order valence-corrected chi connectivity index (χ3v) is 4.92. The Morgan fingerprint density at radius 3 is 2.84 bits per heavy atom. The highest BCUT2D eigenvalue weighted by Gasteiger charge is 2.26. The average Bonchev–Trinajstić information content (AvgIpc) is 2.80. The fourth-order valence-corrected chi connectivity index (χ4v) is 3.95. The summed E-state index contributed by atoms with van der Waals surface area (Å²) in [5, 5.41) is 9.45. The number of fused-ring (bicyclic) bond motifs is 1. The summed E-state index contributed by atoms with van der Waals surface area (Å²) >= 11 is 13.2. The van der Waals surface area contributed by atoms with Gasteiger partial charge in [0.05, 0.1) is 10.4 Å². The summed E-state index contributed by atoms with van der Waals surface area (Å²) in [5.74, 6) is -1.71. The van der Waals surface area contributed by atoms with Gasteiger partial charge < -0.3 is 5.11 Å². The Kier molecular flexibility index (Phi) is 4.71. The van der Waals surface area contributed by atoms with Crippen molar-refractivity contribution in [3.8, 4) is 0 Å². The molecule has 1 aromatic rings. The number of nitrogens with zero attached hydrogens (tertiary/aromatic N) is 1. The van der Waals surface area contributed by atoms with Crippen molar-refractivity contribution >= 4 is 51.4 Å². The molecule has 7 heteroatoms. The summed E-state index contributed by atoms with van der Waals surface area (Å²) in [6.45, 7) is -0.377. The lowest BCUT2D eigenvalue weighted by Gasteiger charge is -2.17. The maximum atomic E-state index is 11.7. The molecule has 1 amide bonds. The molecule has 0 radical (unpaired) electrons.